The lowest BCUT2D eigenvalue weighted by atomic mass is 10.1. The first-order chi connectivity index (χ1) is 10.7. The van der Waals surface area contributed by atoms with Crippen LogP contribution in [-0.2, 0) is 17.8 Å². The number of ether oxygens (including phenoxy) is 1. The van der Waals surface area contributed by atoms with Gasteiger partial charge in [-0.25, -0.2) is 0 Å². The minimum absolute atomic E-state index is 0.119. The van der Waals surface area contributed by atoms with E-state index < -0.39 is 0 Å². The molecule has 1 aromatic carbocycles. The molecule has 1 fully saturated rings. The number of fused-ring (bicyclic) bond motifs is 1. The van der Waals surface area contributed by atoms with Gasteiger partial charge in [-0.3, -0.25) is 4.79 Å². The number of aromatic nitrogens is 1. The number of carbonyl (C=O) groups is 1. The van der Waals surface area contributed by atoms with Gasteiger partial charge in [-0.1, -0.05) is 5.16 Å². The number of carbonyl (C=O) groups excluding carboxylic acids is 1. The molecule has 2 aromatic rings. The van der Waals surface area contributed by atoms with Crippen LogP contribution >= 0.6 is 0 Å². The van der Waals surface area contributed by atoms with Crippen molar-refractivity contribution in [3.63, 3.8) is 0 Å². The van der Waals surface area contributed by atoms with Gasteiger partial charge >= 0.3 is 0 Å². The van der Waals surface area contributed by atoms with E-state index in [9.17, 15) is 4.79 Å². The molecule has 22 heavy (non-hydrogen) atoms. The zero-order valence-electron chi connectivity index (χ0n) is 12.5. The Labute approximate surface area is 128 Å². The van der Waals surface area contributed by atoms with Gasteiger partial charge in [0, 0.05) is 24.0 Å². The van der Waals surface area contributed by atoms with Crippen LogP contribution in [0.15, 0.2) is 28.8 Å². The highest BCUT2D eigenvalue weighted by molar-refractivity contribution is 5.80. The van der Waals surface area contributed by atoms with E-state index in [1.807, 2.05) is 18.2 Å². The first-order valence-electron chi connectivity index (χ1n) is 7.72. The number of hydrogen-bond acceptors (Lipinski definition) is 4. The Bertz CT molecular complexity index is 718. The van der Waals surface area contributed by atoms with Crippen LogP contribution in [0.3, 0.4) is 0 Å². The zero-order chi connectivity index (χ0) is 15.1. The lowest BCUT2D eigenvalue weighted by molar-refractivity contribution is -0.122. The molecule has 2 aliphatic rings. The average Bonchev–Trinajstić information content (AvgIpc) is 3.13. The molecular formula is C17H18N2O3. The lowest BCUT2D eigenvalue weighted by Crippen LogP contribution is -2.24. The van der Waals surface area contributed by atoms with Crippen molar-refractivity contribution in [3.05, 3.63) is 35.5 Å². The molecule has 0 radical (unpaired) electrons. The molecular weight excluding hydrogens is 280 g/mol. The van der Waals surface area contributed by atoms with Crippen LogP contribution in [0.25, 0.3) is 11.3 Å². The van der Waals surface area contributed by atoms with Gasteiger partial charge in [0.25, 0.3) is 0 Å². The highest BCUT2D eigenvalue weighted by atomic mass is 16.5. The van der Waals surface area contributed by atoms with Crippen molar-refractivity contribution < 1.29 is 14.1 Å². The van der Waals surface area contributed by atoms with E-state index in [4.69, 9.17) is 9.26 Å². The second kappa shape index (κ2) is 5.16. The molecule has 1 aliphatic carbocycles. The fraction of sp³-hybridized carbons (Fsp3) is 0.412. The van der Waals surface area contributed by atoms with E-state index in [0.717, 1.165) is 42.0 Å². The molecule has 114 valence electrons. The molecule has 1 unspecified atom stereocenters. The third kappa shape index (κ3) is 2.58. The number of benzene rings is 1. The summed E-state index contributed by atoms with van der Waals surface area (Å²) in [4.78, 5) is 11.6. The third-order valence-electron chi connectivity index (χ3n) is 4.13. The van der Waals surface area contributed by atoms with Crippen LogP contribution in [-0.4, -0.2) is 17.2 Å². The van der Waals surface area contributed by atoms with Crippen LogP contribution in [0.5, 0.6) is 5.75 Å². The number of nitrogens with one attached hydrogen (secondary N) is 1. The predicted octanol–water partition coefficient (Wildman–Crippen LogP) is 2.69. The quantitative estimate of drug-likeness (QED) is 0.942. The van der Waals surface area contributed by atoms with Gasteiger partial charge in [0.15, 0.2) is 5.76 Å². The second-order valence-corrected chi connectivity index (χ2v) is 6.13. The number of amides is 1. The van der Waals surface area contributed by atoms with Gasteiger partial charge in [0.05, 0.1) is 6.54 Å². The molecule has 0 spiro atoms. The SMILES string of the molecule is CC1Cc2cc(-c3cc(CNC(=O)C4CC4)no3)ccc2O1. The summed E-state index contributed by atoms with van der Waals surface area (Å²) in [5.74, 6) is 2.00. The molecule has 1 atom stereocenters. The summed E-state index contributed by atoms with van der Waals surface area (Å²) in [7, 11) is 0. The molecule has 1 saturated carbocycles. The second-order valence-electron chi connectivity index (χ2n) is 6.13. The van der Waals surface area contributed by atoms with Crippen molar-refractivity contribution in [2.24, 2.45) is 5.92 Å². The minimum atomic E-state index is 0.119. The van der Waals surface area contributed by atoms with Gasteiger partial charge in [0.2, 0.25) is 5.91 Å². The third-order valence-corrected chi connectivity index (χ3v) is 4.13. The van der Waals surface area contributed by atoms with Crippen molar-refractivity contribution >= 4 is 5.91 Å². The smallest absolute Gasteiger partial charge is 0.223 e. The summed E-state index contributed by atoms with van der Waals surface area (Å²) in [5, 5.41) is 6.92. The minimum Gasteiger partial charge on any atom is -0.490 e. The maximum Gasteiger partial charge on any atom is 0.223 e. The van der Waals surface area contributed by atoms with Gasteiger partial charge in [-0.05, 0) is 43.5 Å². The Balaban J connectivity index is 1.47. The van der Waals surface area contributed by atoms with Crippen molar-refractivity contribution in [3.8, 4) is 17.1 Å². The van der Waals surface area contributed by atoms with E-state index >= 15 is 0 Å². The summed E-state index contributed by atoms with van der Waals surface area (Å²) in [5.41, 5.74) is 2.93. The topological polar surface area (TPSA) is 64.4 Å². The fourth-order valence-electron chi connectivity index (χ4n) is 2.77. The van der Waals surface area contributed by atoms with Crippen LogP contribution in [0.4, 0.5) is 0 Å². The highest BCUT2D eigenvalue weighted by Crippen LogP contribution is 2.33. The van der Waals surface area contributed by atoms with E-state index in [1.54, 1.807) is 0 Å². The summed E-state index contributed by atoms with van der Waals surface area (Å²) < 4.78 is 11.1. The predicted molar refractivity (Wildman–Crippen MR) is 80.3 cm³/mol. The van der Waals surface area contributed by atoms with Crippen molar-refractivity contribution in [2.75, 3.05) is 0 Å². The lowest BCUT2D eigenvalue weighted by Gasteiger charge is -2.02. The molecule has 2 heterocycles. The van der Waals surface area contributed by atoms with Gasteiger partial charge < -0.3 is 14.6 Å². The largest absolute Gasteiger partial charge is 0.490 e. The standard InChI is InChI=1S/C17H18N2O3/c1-10-6-13-7-12(4-5-15(13)21-10)16-8-14(19-22-16)9-18-17(20)11-2-3-11/h4-5,7-8,10-11H,2-3,6,9H2,1H3,(H,18,20). The van der Waals surface area contributed by atoms with E-state index in [2.05, 4.69) is 23.5 Å². The number of hydrogen-bond donors (Lipinski definition) is 1. The van der Waals surface area contributed by atoms with Crippen molar-refractivity contribution in [2.45, 2.75) is 38.8 Å². The zero-order valence-corrected chi connectivity index (χ0v) is 12.5. The highest BCUT2D eigenvalue weighted by Gasteiger charge is 2.29. The normalized spacial score (nSPS) is 19.6. The Kier molecular flexibility index (Phi) is 3.13. The monoisotopic (exact) mass is 298 g/mol. The molecule has 5 heteroatoms. The molecule has 1 aromatic heterocycles. The Morgan fingerprint density at radius 1 is 1.36 bits per heavy atom. The Morgan fingerprint density at radius 3 is 3.05 bits per heavy atom. The molecule has 4 rings (SSSR count). The van der Waals surface area contributed by atoms with Gasteiger partial charge in [0.1, 0.15) is 17.5 Å². The molecule has 1 N–H and O–H groups in total. The number of nitrogens with zero attached hydrogens (tertiary/aromatic N) is 1. The maximum atomic E-state index is 11.6. The van der Waals surface area contributed by atoms with Crippen LogP contribution in [0, 0.1) is 5.92 Å². The van der Waals surface area contributed by atoms with E-state index in [1.165, 1.54) is 5.56 Å². The van der Waals surface area contributed by atoms with Gasteiger partial charge in [-0.2, -0.15) is 0 Å². The summed E-state index contributed by atoms with van der Waals surface area (Å²) in [6.45, 7) is 2.48. The summed E-state index contributed by atoms with van der Waals surface area (Å²) >= 11 is 0. The summed E-state index contributed by atoms with van der Waals surface area (Å²) in [6.07, 6.45) is 3.16. The van der Waals surface area contributed by atoms with E-state index in [0.29, 0.717) is 6.54 Å². The fourth-order valence-corrected chi connectivity index (χ4v) is 2.77. The Morgan fingerprint density at radius 2 is 2.23 bits per heavy atom. The molecule has 5 nitrogen and oxygen atoms in total. The van der Waals surface area contributed by atoms with Crippen molar-refractivity contribution in [1.82, 2.24) is 10.5 Å². The Hall–Kier alpha value is -2.30. The average molecular weight is 298 g/mol. The summed E-state index contributed by atoms with van der Waals surface area (Å²) in [6, 6.07) is 7.93. The molecule has 1 amide bonds. The first kappa shape index (κ1) is 13.4. The molecule has 1 aliphatic heterocycles. The maximum absolute atomic E-state index is 11.6. The molecule has 0 saturated heterocycles. The van der Waals surface area contributed by atoms with Crippen molar-refractivity contribution in [1.29, 1.82) is 0 Å². The van der Waals surface area contributed by atoms with Crippen LogP contribution < -0.4 is 10.1 Å². The van der Waals surface area contributed by atoms with Gasteiger partial charge in [-0.15, -0.1) is 0 Å². The molecule has 0 bridgehead atoms. The first-order valence-corrected chi connectivity index (χ1v) is 7.72. The van der Waals surface area contributed by atoms with E-state index in [-0.39, 0.29) is 17.9 Å². The van der Waals surface area contributed by atoms with Crippen LogP contribution in [0.1, 0.15) is 31.0 Å². The van der Waals surface area contributed by atoms with Crippen LogP contribution in [0.2, 0.25) is 0 Å². The number of rotatable bonds is 4.